The first-order valence-electron chi connectivity index (χ1n) is 7.43. The van der Waals surface area contributed by atoms with Crippen molar-refractivity contribution < 1.29 is 9.53 Å². The van der Waals surface area contributed by atoms with E-state index in [1.165, 1.54) is 6.42 Å². The van der Waals surface area contributed by atoms with E-state index in [-0.39, 0.29) is 42.5 Å². The Labute approximate surface area is 144 Å². The second kappa shape index (κ2) is 8.77. The van der Waals surface area contributed by atoms with Crippen LogP contribution in [0.2, 0.25) is 0 Å². The quantitative estimate of drug-likeness (QED) is 0.400. The Bertz CT molecular complexity index is 370. The predicted molar refractivity (Wildman–Crippen MR) is 94.1 cm³/mol. The number of rotatable bonds is 5. The third kappa shape index (κ3) is 6.37. The van der Waals surface area contributed by atoms with E-state index in [9.17, 15) is 4.79 Å². The minimum Gasteiger partial charge on any atom is -0.376 e. The maximum Gasteiger partial charge on any atom is 0.243 e. The van der Waals surface area contributed by atoms with E-state index < -0.39 is 0 Å². The Hall–Kier alpha value is -0.570. The first kappa shape index (κ1) is 18.5. The molecule has 1 aliphatic carbocycles. The number of halogens is 1. The maximum atomic E-state index is 11.6. The van der Waals surface area contributed by atoms with Crippen LogP contribution in [0, 0.1) is 5.92 Å². The minimum absolute atomic E-state index is 0. The second-order valence-electron chi connectivity index (χ2n) is 5.93. The van der Waals surface area contributed by atoms with Gasteiger partial charge in [0.2, 0.25) is 5.91 Å². The van der Waals surface area contributed by atoms with Crippen LogP contribution in [0.15, 0.2) is 4.99 Å². The molecule has 1 aliphatic heterocycles. The van der Waals surface area contributed by atoms with Crippen LogP contribution in [-0.2, 0) is 9.53 Å². The van der Waals surface area contributed by atoms with Gasteiger partial charge in [0.1, 0.15) is 6.54 Å². The highest BCUT2D eigenvalue weighted by Gasteiger charge is 2.33. The Morgan fingerprint density at radius 2 is 2.14 bits per heavy atom. The number of hydrogen-bond donors (Lipinski definition) is 2. The van der Waals surface area contributed by atoms with Gasteiger partial charge in [0.15, 0.2) is 5.96 Å². The summed E-state index contributed by atoms with van der Waals surface area (Å²) < 4.78 is 5.59. The number of nitrogens with one attached hydrogen (secondary N) is 2. The third-order valence-corrected chi connectivity index (χ3v) is 3.82. The average Bonchev–Trinajstić information content (AvgIpc) is 2.91. The van der Waals surface area contributed by atoms with E-state index in [0.29, 0.717) is 12.0 Å². The molecule has 2 aliphatic rings. The van der Waals surface area contributed by atoms with E-state index in [1.807, 2.05) is 0 Å². The van der Waals surface area contributed by atoms with E-state index in [0.717, 1.165) is 32.0 Å². The predicted octanol–water partition coefficient (Wildman–Crippen LogP) is 0.815. The molecule has 7 heteroatoms. The van der Waals surface area contributed by atoms with Gasteiger partial charge in [0, 0.05) is 33.3 Å². The number of nitrogens with zero attached hydrogens (tertiary/aromatic N) is 2. The lowest BCUT2D eigenvalue weighted by Crippen LogP contribution is -2.43. The molecule has 0 aromatic heterocycles. The molecule has 0 spiro atoms. The molecule has 1 heterocycles. The van der Waals surface area contributed by atoms with Gasteiger partial charge in [0.05, 0.1) is 6.10 Å². The largest absolute Gasteiger partial charge is 0.376 e. The summed E-state index contributed by atoms with van der Waals surface area (Å²) in [7, 11) is 3.49. The van der Waals surface area contributed by atoms with Crippen molar-refractivity contribution in [2.75, 3.05) is 33.8 Å². The first-order valence-corrected chi connectivity index (χ1v) is 7.43. The molecule has 2 N–H and O–H groups in total. The Morgan fingerprint density at radius 1 is 1.43 bits per heavy atom. The van der Waals surface area contributed by atoms with Crippen LogP contribution in [-0.4, -0.2) is 62.7 Å². The van der Waals surface area contributed by atoms with Crippen LogP contribution in [0.5, 0.6) is 0 Å². The summed E-state index contributed by atoms with van der Waals surface area (Å²) in [6.07, 6.45) is 3.66. The van der Waals surface area contributed by atoms with Crippen molar-refractivity contribution in [3.63, 3.8) is 0 Å². The minimum atomic E-state index is 0. The molecule has 0 radical (unpaired) electrons. The zero-order chi connectivity index (χ0) is 14.5. The normalized spacial score (nSPS) is 27.8. The summed E-state index contributed by atoms with van der Waals surface area (Å²) in [4.78, 5) is 17.5. The second-order valence-corrected chi connectivity index (χ2v) is 5.93. The van der Waals surface area contributed by atoms with Crippen molar-refractivity contribution in [3.8, 4) is 0 Å². The fraction of sp³-hybridized carbons (Fsp3) is 0.857. The van der Waals surface area contributed by atoms with Crippen LogP contribution in [0.3, 0.4) is 0 Å². The number of ether oxygens (including phenoxy) is 1. The molecule has 122 valence electrons. The zero-order valence-electron chi connectivity index (χ0n) is 13.1. The summed E-state index contributed by atoms with van der Waals surface area (Å²) in [6, 6.07) is 0.486. The standard InChI is InChI=1S/C14H26N4O2.HI/c1-10-7-12(10)17-14(16-9-13(19)18(2)3)15-8-11-5-4-6-20-11;/h10-12H,4-9H2,1-3H3,(H2,15,16,17);1H. The number of carbonyl (C=O) groups excluding carboxylic acids is 1. The number of likely N-dealkylation sites (N-methyl/N-ethyl adjacent to an activating group) is 1. The molecule has 2 fully saturated rings. The van der Waals surface area contributed by atoms with Gasteiger partial charge >= 0.3 is 0 Å². The molecule has 6 nitrogen and oxygen atoms in total. The molecule has 2 rings (SSSR count). The summed E-state index contributed by atoms with van der Waals surface area (Å²) in [5.41, 5.74) is 0. The van der Waals surface area contributed by atoms with Crippen molar-refractivity contribution in [1.82, 2.24) is 15.5 Å². The van der Waals surface area contributed by atoms with Crippen molar-refractivity contribution in [1.29, 1.82) is 0 Å². The lowest BCUT2D eigenvalue weighted by molar-refractivity contribution is -0.127. The zero-order valence-corrected chi connectivity index (χ0v) is 15.4. The summed E-state index contributed by atoms with van der Waals surface area (Å²) in [5, 5.41) is 6.66. The smallest absolute Gasteiger partial charge is 0.243 e. The Kier molecular flexibility index (Phi) is 7.72. The maximum absolute atomic E-state index is 11.6. The molecule has 1 saturated carbocycles. The molecule has 3 atom stereocenters. The Balaban J connectivity index is 0.00000220. The van der Waals surface area contributed by atoms with Gasteiger partial charge in [-0.15, -0.1) is 24.0 Å². The van der Waals surface area contributed by atoms with Crippen LogP contribution < -0.4 is 10.6 Å². The molecule has 21 heavy (non-hydrogen) atoms. The fourth-order valence-corrected chi connectivity index (χ4v) is 2.16. The highest BCUT2D eigenvalue weighted by Crippen LogP contribution is 2.28. The van der Waals surface area contributed by atoms with Crippen LogP contribution in [0.4, 0.5) is 0 Å². The monoisotopic (exact) mass is 410 g/mol. The molecule has 1 saturated heterocycles. The van der Waals surface area contributed by atoms with Crippen molar-refractivity contribution in [2.24, 2.45) is 10.9 Å². The molecule has 0 bridgehead atoms. The highest BCUT2D eigenvalue weighted by atomic mass is 127. The highest BCUT2D eigenvalue weighted by molar-refractivity contribution is 14.0. The van der Waals surface area contributed by atoms with E-state index in [2.05, 4.69) is 22.5 Å². The van der Waals surface area contributed by atoms with Gasteiger partial charge in [-0.3, -0.25) is 4.79 Å². The first-order chi connectivity index (χ1) is 9.56. The summed E-state index contributed by atoms with van der Waals surface area (Å²) in [5.74, 6) is 1.42. The van der Waals surface area contributed by atoms with Crippen LogP contribution in [0.1, 0.15) is 26.2 Å². The van der Waals surface area contributed by atoms with Crippen molar-refractivity contribution in [2.45, 2.75) is 38.3 Å². The number of aliphatic imine (C=N–C) groups is 1. The number of guanidine groups is 1. The van der Waals surface area contributed by atoms with Gasteiger partial charge in [0.25, 0.3) is 0 Å². The van der Waals surface area contributed by atoms with Gasteiger partial charge in [-0.05, 0) is 25.2 Å². The van der Waals surface area contributed by atoms with E-state index in [4.69, 9.17) is 4.74 Å². The lowest BCUT2D eigenvalue weighted by Gasteiger charge is -2.16. The summed E-state index contributed by atoms with van der Waals surface area (Å²) >= 11 is 0. The van der Waals surface area contributed by atoms with Gasteiger partial charge in [-0.2, -0.15) is 0 Å². The molecular formula is C14H27IN4O2. The van der Waals surface area contributed by atoms with Crippen molar-refractivity contribution >= 4 is 35.8 Å². The Morgan fingerprint density at radius 3 is 2.67 bits per heavy atom. The lowest BCUT2D eigenvalue weighted by atomic mass is 10.2. The van der Waals surface area contributed by atoms with Gasteiger partial charge in [-0.25, -0.2) is 4.99 Å². The fourth-order valence-electron chi connectivity index (χ4n) is 2.16. The van der Waals surface area contributed by atoms with Crippen molar-refractivity contribution in [3.05, 3.63) is 0 Å². The number of hydrogen-bond acceptors (Lipinski definition) is 3. The van der Waals surface area contributed by atoms with E-state index >= 15 is 0 Å². The van der Waals surface area contributed by atoms with Crippen LogP contribution >= 0.6 is 24.0 Å². The molecule has 1 amide bonds. The average molecular weight is 410 g/mol. The summed E-state index contributed by atoms with van der Waals surface area (Å²) in [6.45, 7) is 3.99. The number of carbonyl (C=O) groups is 1. The van der Waals surface area contributed by atoms with Gasteiger partial charge in [-0.1, -0.05) is 6.92 Å². The molecule has 3 unspecified atom stereocenters. The topological polar surface area (TPSA) is 66.0 Å². The SMILES string of the molecule is CC1CC1NC(=NCC(=O)N(C)C)NCC1CCCO1.I. The molecular weight excluding hydrogens is 383 g/mol. The number of amides is 1. The molecule has 0 aromatic carbocycles. The van der Waals surface area contributed by atoms with Crippen LogP contribution in [0.25, 0.3) is 0 Å². The molecule has 0 aromatic rings. The third-order valence-electron chi connectivity index (χ3n) is 3.82. The van der Waals surface area contributed by atoms with Gasteiger partial charge < -0.3 is 20.3 Å². The van der Waals surface area contributed by atoms with E-state index in [1.54, 1.807) is 19.0 Å².